The number of hydrogen-bond donors (Lipinski definition) is 0. The number of nitrogens with zero attached hydrogens (tertiary/aromatic N) is 2. The average Bonchev–Trinajstić information content (AvgIpc) is 3.15. The van der Waals surface area contributed by atoms with Gasteiger partial charge in [-0.15, -0.1) is 0 Å². The van der Waals surface area contributed by atoms with Gasteiger partial charge in [0.05, 0.1) is 17.2 Å². The summed E-state index contributed by atoms with van der Waals surface area (Å²) >= 11 is 1.51. The van der Waals surface area contributed by atoms with Crippen LogP contribution in [-0.2, 0) is 4.74 Å². The fourth-order valence-electron chi connectivity index (χ4n) is 1.91. The quantitative estimate of drug-likeness (QED) is 0.537. The molecule has 0 radical (unpaired) electrons. The maximum Gasteiger partial charge on any atom is 0.186 e. The van der Waals surface area contributed by atoms with Gasteiger partial charge in [-0.05, 0) is 26.7 Å². The molecule has 0 bridgehead atoms. The molecule has 5 heteroatoms. The molecule has 4 nitrogen and oxygen atoms in total. The molecule has 0 atom stereocenters. The molecular formula is C13H20N2O2S. The highest BCUT2D eigenvalue weighted by Gasteiger charge is 2.30. The predicted molar refractivity (Wildman–Crippen MR) is 73.9 cm³/mol. The molecule has 18 heavy (non-hydrogen) atoms. The van der Waals surface area contributed by atoms with Crippen LogP contribution in [0.4, 0.5) is 5.13 Å². The van der Waals surface area contributed by atoms with E-state index in [9.17, 15) is 4.79 Å². The molecule has 0 aromatic carbocycles. The van der Waals surface area contributed by atoms with Gasteiger partial charge in [-0.25, -0.2) is 4.98 Å². The fourth-order valence-corrected chi connectivity index (χ4v) is 2.96. The topological polar surface area (TPSA) is 42.4 Å². The number of thiazole rings is 1. The Labute approximate surface area is 112 Å². The Morgan fingerprint density at radius 3 is 2.83 bits per heavy atom. The Balaban J connectivity index is 2.07. The summed E-state index contributed by atoms with van der Waals surface area (Å²) in [6.45, 7) is 7.27. The van der Waals surface area contributed by atoms with Crippen LogP contribution >= 0.6 is 11.3 Å². The predicted octanol–water partition coefficient (Wildman–Crippen LogP) is 2.70. The number of hydrogen-bond acceptors (Lipinski definition) is 5. The molecule has 0 amide bonds. The number of aromatic nitrogens is 1. The molecule has 1 aromatic rings. The van der Waals surface area contributed by atoms with Gasteiger partial charge < -0.3 is 9.64 Å². The van der Waals surface area contributed by atoms with E-state index in [-0.39, 0.29) is 0 Å². The van der Waals surface area contributed by atoms with Gasteiger partial charge in [-0.1, -0.05) is 11.3 Å². The lowest BCUT2D eigenvalue weighted by Gasteiger charge is -2.19. The minimum absolute atomic E-state index is 0.529. The Hall–Kier alpha value is -0.940. The van der Waals surface area contributed by atoms with Gasteiger partial charge in [0.25, 0.3) is 0 Å². The third kappa shape index (κ3) is 3.09. The summed E-state index contributed by atoms with van der Waals surface area (Å²) in [5.74, 6) is 0.529. The van der Waals surface area contributed by atoms with Crippen molar-refractivity contribution in [1.29, 1.82) is 0 Å². The van der Waals surface area contributed by atoms with Crippen molar-refractivity contribution in [3.8, 4) is 0 Å². The molecule has 0 spiro atoms. The highest BCUT2D eigenvalue weighted by atomic mass is 32.1. The summed E-state index contributed by atoms with van der Waals surface area (Å²) in [5, 5.41) is 0.959. The second-order valence-electron chi connectivity index (χ2n) is 4.41. The van der Waals surface area contributed by atoms with Gasteiger partial charge in [0.2, 0.25) is 0 Å². The number of carbonyl (C=O) groups is 1. The van der Waals surface area contributed by atoms with Crippen molar-refractivity contribution in [3.05, 3.63) is 10.6 Å². The SMILES string of the molecule is CCOCCN(CC)c1nc(C2CC2)c(C=O)s1. The highest BCUT2D eigenvalue weighted by Crippen LogP contribution is 2.43. The summed E-state index contributed by atoms with van der Waals surface area (Å²) in [7, 11) is 0. The second-order valence-corrected chi connectivity index (χ2v) is 5.42. The zero-order valence-corrected chi connectivity index (χ0v) is 11.8. The van der Waals surface area contributed by atoms with Crippen molar-refractivity contribution in [2.45, 2.75) is 32.6 Å². The third-order valence-electron chi connectivity index (χ3n) is 3.10. The first kappa shape index (κ1) is 13.5. The maximum absolute atomic E-state index is 11.1. The molecule has 0 N–H and O–H groups in total. The molecule has 0 saturated heterocycles. The van der Waals surface area contributed by atoms with Crippen LogP contribution in [0.1, 0.15) is 48.0 Å². The van der Waals surface area contributed by atoms with Crippen molar-refractivity contribution in [3.63, 3.8) is 0 Å². The van der Waals surface area contributed by atoms with Gasteiger partial charge in [0, 0.05) is 25.6 Å². The first-order valence-corrected chi connectivity index (χ1v) is 7.40. The van der Waals surface area contributed by atoms with E-state index in [0.717, 1.165) is 41.7 Å². The molecule has 1 heterocycles. The highest BCUT2D eigenvalue weighted by molar-refractivity contribution is 7.17. The van der Waals surface area contributed by atoms with Crippen LogP contribution in [0.2, 0.25) is 0 Å². The Morgan fingerprint density at radius 1 is 1.50 bits per heavy atom. The van der Waals surface area contributed by atoms with Crippen LogP contribution < -0.4 is 4.90 Å². The van der Waals surface area contributed by atoms with E-state index in [2.05, 4.69) is 16.8 Å². The molecule has 0 unspecified atom stereocenters. The smallest absolute Gasteiger partial charge is 0.186 e. The molecule has 1 saturated carbocycles. The first-order chi connectivity index (χ1) is 8.80. The fraction of sp³-hybridized carbons (Fsp3) is 0.692. The summed E-state index contributed by atoms with van der Waals surface area (Å²) in [4.78, 5) is 18.7. The van der Waals surface area contributed by atoms with E-state index in [1.54, 1.807) is 0 Å². The van der Waals surface area contributed by atoms with Gasteiger partial charge in [-0.3, -0.25) is 4.79 Å². The van der Waals surface area contributed by atoms with Gasteiger partial charge in [-0.2, -0.15) is 0 Å². The third-order valence-corrected chi connectivity index (χ3v) is 4.16. The molecule has 100 valence electrons. The van der Waals surface area contributed by atoms with E-state index in [0.29, 0.717) is 12.5 Å². The number of likely N-dealkylation sites (N-methyl/N-ethyl adjacent to an activating group) is 1. The van der Waals surface area contributed by atoms with Crippen LogP contribution in [0.15, 0.2) is 0 Å². The number of ether oxygens (including phenoxy) is 1. The average molecular weight is 268 g/mol. The van der Waals surface area contributed by atoms with Gasteiger partial charge in [0.1, 0.15) is 0 Å². The molecular weight excluding hydrogens is 248 g/mol. The molecule has 1 aromatic heterocycles. The van der Waals surface area contributed by atoms with Crippen LogP contribution in [0.5, 0.6) is 0 Å². The Bertz CT molecular complexity index is 402. The normalized spacial score (nSPS) is 14.8. The zero-order chi connectivity index (χ0) is 13.0. The van der Waals surface area contributed by atoms with E-state index >= 15 is 0 Å². The van der Waals surface area contributed by atoms with E-state index in [1.165, 1.54) is 24.2 Å². The Morgan fingerprint density at radius 2 is 2.28 bits per heavy atom. The van der Waals surface area contributed by atoms with E-state index in [4.69, 9.17) is 4.74 Å². The van der Waals surface area contributed by atoms with E-state index < -0.39 is 0 Å². The lowest BCUT2D eigenvalue weighted by molar-refractivity contribution is 0.112. The molecule has 0 aliphatic heterocycles. The number of aldehydes is 1. The first-order valence-electron chi connectivity index (χ1n) is 6.58. The van der Waals surface area contributed by atoms with Crippen molar-refractivity contribution in [2.24, 2.45) is 0 Å². The zero-order valence-electron chi connectivity index (χ0n) is 11.0. The van der Waals surface area contributed by atoms with Crippen molar-refractivity contribution >= 4 is 22.8 Å². The van der Waals surface area contributed by atoms with E-state index in [1.807, 2.05) is 6.92 Å². The van der Waals surface area contributed by atoms with Crippen LogP contribution in [0, 0.1) is 0 Å². The van der Waals surface area contributed by atoms with Crippen LogP contribution in [-0.4, -0.2) is 37.6 Å². The van der Waals surface area contributed by atoms with Gasteiger partial charge >= 0.3 is 0 Å². The van der Waals surface area contributed by atoms with Crippen molar-refractivity contribution in [2.75, 3.05) is 31.2 Å². The summed E-state index contributed by atoms with van der Waals surface area (Å²) in [5.41, 5.74) is 1.01. The summed E-state index contributed by atoms with van der Waals surface area (Å²) in [6.07, 6.45) is 3.30. The lowest BCUT2D eigenvalue weighted by Crippen LogP contribution is -2.27. The lowest BCUT2D eigenvalue weighted by atomic mass is 10.3. The second kappa shape index (κ2) is 6.29. The standard InChI is InChI=1S/C13H20N2O2S/c1-3-15(7-8-17-4-2)13-14-12(10-5-6-10)11(9-16)18-13/h9-10H,3-8H2,1-2H3. The molecule has 1 aliphatic carbocycles. The minimum atomic E-state index is 0.529. The van der Waals surface area contributed by atoms with Crippen molar-refractivity contribution < 1.29 is 9.53 Å². The van der Waals surface area contributed by atoms with Gasteiger partial charge in [0.15, 0.2) is 11.4 Å². The summed E-state index contributed by atoms with van der Waals surface area (Å²) < 4.78 is 5.38. The van der Waals surface area contributed by atoms with Crippen LogP contribution in [0.25, 0.3) is 0 Å². The number of rotatable bonds is 8. The van der Waals surface area contributed by atoms with Crippen molar-refractivity contribution in [1.82, 2.24) is 4.98 Å². The molecule has 2 rings (SSSR count). The molecule has 1 aliphatic rings. The minimum Gasteiger partial charge on any atom is -0.380 e. The largest absolute Gasteiger partial charge is 0.380 e. The Kier molecular flexibility index (Phi) is 4.72. The number of anilines is 1. The molecule has 1 fully saturated rings. The van der Waals surface area contributed by atoms with Crippen LogP contribution in [0.3, 0.4) is 0 Å². The number of carbonyl (C=O) groups excluding carboxylic acids is 1. The summed E-state index contributed by atoms with van der Waals surface area (Å²) in [6, 6.07) is 0. The maximum atomic E-state index is 11.1. The monoisotopic (exact) mass is 268 g/mol.